The molecule has 0 heterocycles. The molecule has 0 saturated heterocycles. The van der Waals surface area contributed by atoms with Gasteiger partial charge in [0, 0.05) is 13.2 Å². The minimum absolute atomic E-state index is 0. The summed E-state index contributed by atoms with van der Waals surface area (Å²) in [6.07, 6.45) is 0. The van der Waals surface area contributed by atoms with Gasteiger partial charge in [0.2, 0.25) is 0 Å². The Morgan fingerprint density at radius 3 is 1.78 bits per heavy atom. The first kappa shape index (κ1) is 11.6. The maximum atomic E-state index is 8.60. The molecule has 0 amide bonds. The quantitative estimate of drug-likeness (QED) is 0.533. The molecule has 58 valence electrons. The second kappa shape index (κ2) is 7.84. The lowest BCUT2D eigenvalue weighted by atomic mass is 10.8. The lowest BCUT2D eigenvalue weighted by Crippen LogP contribution is -2.15. The monoisotopic (exact) mass is 138 g/mol. The number of aliphatic hydroxyl groups is 1. The van der Waals surface area contributed by atoms with Gasteiger partial charge in [-0.3, -0.25) is 0 Å². The summed E-state index contributed by atoms with van der Waals surface area (Å²) in [5.41, 5.74) is 0. The molecule has 0 atom stereocenters. The molecule has 0 bridgehead atoms. The molecule has 0 unspecified atom stereocenters. The molecule has 0 aliphatic rings. The maximum absolute atomic E-state index is 8.60. The smallest absolute Gasteiger partial charge is 0.269 e. The molecular weight excluding hydrogens is 124 g/mol. The fourth-order valence-electron chi connectivity index (χ4n) is 0.333. The number of ether oxygens (including phenoxy) is 2. The summed E-state index contributed by atoms with van der Waals surface area (Å²) >= 11 is 0. The van der Waals surface area contributed by atoms with Crippen molar-refractivity contribution in [3.63, 3.8) is 0 Å². The Morgan fingerprint density at radius 1 is 1.22 bits per heavy atom. The topological polar surface area (TPSA) is 70.2 Å². The predicted octanol–water partition coefficient (Wildman–Crippen LogP) is -0.489. The molecule has 0 fully saturated rings. The van der Waals surface area contributed by atoms with E-state index in [1.165, 1.54) is 0 Å². The van der Waals surface area contributed by atoms with Gasteiger partial charge in [-0.05, 0) is 13.8 Å². The summed E-state index contributed by atoms with van der Waals surface area (Å²) in [5.74, 6) is 0. The van der Waals surface area contributed by atoms with Crippen LogP contribution in [0.2, 0.25) is 0 Å². The molecule has 3 N–H and O–H groups in total. The van der Waals surface area contributed by atoms with Crippen LogP contribution < -0.4 is 0 Å². The van der Waals surface area contributed by atoms with E-state index in [2.05, 4.69) is 9.47 Å². The molecule has 0 aromatic rings. The first-order valence-electron chi connectivity index (χ1n) is 2.72. The first-order valence-corrected chi connectivity index (χ1v) is 2.72. The molecule has 0 aliphatic carbocycles. The predicted molar refractivity (Wildman–Crippen MR) is 32.9 cm³/mol. The zero-order chi connectivity index (χ0) is 6.41. The van der Waals surface area contributed by atoms with E-state index in [4.69, 9.17) is 5.11 Å². The van der Waals surface area contributed by atoms with Crippen molar-refractivity contribution in [2.75, 3.05) is 13.2 Å². The van der Waals surface area contributed by atoms with E-state index in [1.54, 1.807) is 13.8 Å². The van der Waals surface area contributed by atoms with Crippen molar-refractivity contribution in [1.82, 2.24) is 0 Å². The Morgan fingerprint density at radius 2 is 1.56 bits per heavy atom. The summed E-state index contributed by atoms with van der Waals surface area (Å²) in [7, 11) is 0. The summed E-state index contributed by atoms with van der Waals surface area (Å²) in [6, 6.07) is 0. The van der Waals surface area contributed by atoms with Gasteiger partial charge in [-0.15, -0.1) is 0 Å². The Labute approximate surface area is 54.7 Å². The lowest BCUT2D eigenvalue weighted by Gasteiger charge is -2.07. The van der Waals surface area contributed by atoms with Crippen LogP contribution >= 0.6 is 0 Å². The van der Waals surface area contributed by atoms with E-state index in [0.717, 1.165) is 0 Å². The second-order valence-corrected chi connectivity index (χ2v) is 1.22. The highest BCUT2D eigenvalue weighted by molar-refractivity contribution is 4.15. The highest BCUT2D eigenvalue weighted by Gasteiger charge is 1.97. The second-order valence-electron chi connectivity index (χ2n) is 1.22. The highest BCUT2D eigenvalue weighted by atomic mass is 16.8. The normalized spacial score (nSPS) is 9.33. The van der Waals surface area contributed by atoms with Crippen molar-refractivity contribution in [2.24, 2.45) is 0 Å². The zero-order valence-corrected chi connectivity index (χ0v) is 5.76. The van der Waals surface area contributed by atoms with Crippen molar-refractivity contribution in [2.45, 2.75) is 20.3 Å². The van der Waals surface area contributed by atoms with E-state index in [-0.39, 0.29) is 5.48 Å². The SMILES string of the molecule is CCOC(O)OCC.O. The molecule has 4 nitrogen and oxygen atoms in total. The van der Waals surface area contributed by atoms with E-state index < -0.39 is 6.48 Å². The summed E-state index contributed by atoms with van der Waals surface area (Å²) < 4.78 is 9.23. The van der Waals surface area contributed by atoms with E-state index in [9.17, 15) is 0 Å². The first-order chi connectivity index (χ1) is 3.81. The van der Waals surface area contributed by atoms with Crippen LogP contribution in [0, 0.1) is 0 Å². The third kappa shape index (κ3) is 7.84. The average molecular weight is 138 g/mol. The average Bonchev–Trinajstić information content (AvgIpc) is 1.68. The van der Waals surface area contributed by atoms with Crippen LogP contribution in [0.4, 0.5) is 0 Å². The minimum Gasteiger partial charge on any atom is -0.412 e. The molecule has 0 radical (unpaired) electrons. The van der Waals surface area contributed by atoms with E-state index in [0.29, 0.717) is 13.2 Å². The molecule has 0 saturated carbocycles. The van der Waals surface area contributed by atoms with Crippen molar-refractivity contribution in [1.29, 1.82) is 0 Å². The van der Waals surface area contributed by atoms with Crippen molar-refractivity contribution in [3.8, 4) is 0 Å². The number of hydrogen-bond donors (Lipinski definition) is 1. The van der Waals surface area contributed by atoms with Gasteiger partial charge >= 0.3 is 0 Å². The molecule has 0 aromatic carbocycles. The van der Waals surface area contributed by atoms with Crippen molar-refractivity contribution < 1.29 is 20.1 Å². The third-order valence-electron chi connectivity index (χ3n) is 0.618. The van der Waals surface area contributed by atoms with Gasteiger partial charge < -0.3 is 20.1 Å². The van der Waals surface area contributed by atoms with Crippen molar-refractivity contribution in [3.05, 3.63) is 0 Å². The minimum atomic E-state index is -1.04. The Bertz CT molecular complexity index is 42.2. The molecular formula is C5H14O4. The number of aliphatic hydroxyl groups excluding tert-OH is 1. The van der Waals surface area contributed by atoms with Crippen LogP contribution in [-0.2, 0) is 9.47 Å². The van der Waals surface area contributed by atoms with Gasteiger partial charge in [-0.2, -0.15) is 0 Å². The number of hydrogen-bond acceptors (Lipinski definition) is 3. The Kier molecular flexibility index (Phi) is 10.1. The fourth-order valence-corrected chi connectivity index (χ4v) is 0.333. The number of rotatable bonds is 4. The van der Waals surface area contributed by atoms with Crippen LogP contribution in [0.5, 0.6) is 0 Å². The van der Waals surface area contributed by atoms with Crippen LogP contribution in [0.1, 0.15) is 13.8 Å². The molecule has 0 aliphatic heterocycles. The molecule has 0 aromatic heterocycles. The van der Waals surface area contributed by atoms with Gasteiger partial charge in [0.1, 0.15) is 0 Å². The van der Waals surface area contributed by atoms with Crippen molar-refractivity contribution >= 4 is 0 Å². The van der Waals surface area contributed by atoms with Gasteiger partial charge in [0.25, 0.3) is 6.48 Å². The molecule has 9 heavy (non-hydrogen) atoms. The van der Waals surface area contributed by atoms with Gasteiger partial charge in [-0.25, -0.2) is 0 Å². The van der Waals surface area contributed by atoms with E-state index >= 15 is 0 Å². The molecule has 0 spiro atoms. The van der Waals surface area contributed by atoms with Crippen LogP contribution in [0.25, 0.3) is 0 Å². The van der Waals surface area contributed by atoms with Gasteiger partial charge in [0.15, 0.2) is 0 Å². The lowest BCUT2D eigenvalue weighted by molar-refractivity contribution is -0.258. The summed E-state index contributed by atoms with van der Waals surface area (Å²) in [4.78, 5) is 0. The zero-order valence-electron chi connectivity index (χ0n) is 5.76. The molecule has 4 heteroatoms. The van der Waals surface area contributed by atoms with Crippen LogP contribution in [0.3, 0.4) is 0 Å². The standard InChI is InChI=1S/C5H12O3.H2O/c1-3-7-5(6)8-4-2;/h5-6H,3-4H2,1-2H3;1H2. The highest BCUT2D eigenvalue weighted by Crippen LogP contribution is 1.86. The summed E-state index contributed by atoms with van der Waals surface area (Å²) in [5, 5.41) is 8.60. The van der Waals surface area contributed by atoms with Gasteiger partial charge in [-0.1, -0.05) is 0 Å². The molecule has 0 rings (SSSR count). The van der Waals surface area contributed by atoms with Crippen LogP contribution in [-0.4, -0.2) is 30.3 Å². The van der Waals surface area contributed by atoms with E-state index in [1.807, 2.05) is 0 Å². The van der Waals surface area contributed by atoms with Crippen LogP contribution in [0.15, 0.2) is 0 Å². The largest absolute Gasteiger partial charge is 0.412 e. The maximum Gasteiger partial charge on any atom is 0.269 e. The Hall–Kier alpha value is -0.160. The Balaban J connectivity index is 0. The fraction of sp³-hybridized carbons (Fsp3) is 1.00. The van der Waals surface area contributed by atoms with Gasteiger partial charge in [0.05, 0.1) is 0 Å². The third-order valence-corrected chi connectivity index (χ3v) is 0.618. The summed E-state index contributed by atoms with van der Waals surface area (Å²) in [6.45, 7) is 3.50.